The predicted octanol–water partition coefficient (Wildman–Crippen LogP) is 6.34. The summed E-state index contributed by atoms with van der Waals surface area (Å²) >= 11 is 0. The Labute approximate surface area is 267 Å². The predicted molar refractivity (Wildman–Crippen MR) is 168 cm³/mol. The minimum absolute atomic E-state index is 0.112. The van der Waals surface area contributed by atoms with Crippen LogP contribution in [0.5, 0.6) is 0 Å². The molecule has 6 aliphatic rings. The van der Waals surface area contributed by atoms with Gasteiger partial charge in [-0.15, -0.1) is 0 Å². The van der Waals surface area contributed by atoms with Gasteiger partial charge in [0.15, 0.2) is 34.1 Å². The maximum absolute atomic E-state index is 15.7. The molecule has 1 aliphatic heterocycles. The van der Waals surface area contributed by atoms with Gasteiger partial charge >= 0.3 is 5.97 Å². The van der Waals surface area contributed by atoms with E-state index in [0.29, 0.717) is 39.0 Å². The van der Waals surface area contributed by atoms with Crippen LogP contribution in [0, 0.1) is 5.41 Å². The molecule has 224 valence electrons. The summed E-state index contributed by atoms with van der Waals surface area (Å²) in [7, 11) is 0. The van der Waals surface area contributed by atoms with Gasteiger partial charge in [-0.1, -0.05) is 97.1 Å². The molecule has 7 heteroatoms. The SMILES string of the molecule is CC(=O)OC1=C2C(=C3C(=O)c4ccccc4C34OC(C)=C3C(=O)c5ccccc5C32C42C(=O)c3ccccc3C2=O)c2ccccc21. The first-order valence-corrected chi connectivity index (χ1v) is 15.4. The minimum Gasteiger partial charge on any atom is -0.480 e. The van der Waals surface area contributed by atoms with Crippen LogP contribution in [-0.4, -0.2) is 29.1 Å². The largest absolute Gasteiger partial charge is 0.480 e. The van der Waals surface area contributed by atoms with E-state index in [1.54, 1.807) is 91.9 Å². The average molecular weight is 615 g/mol. The van der Waals surface area contributed by atoms with Crippen molar-refractivity contribution in [2.24, 2.45) is 5.41 Å². The Bertz CT molecular complexity index is 2400. The molecule has 3 spiro atoms. The number of esters is 1. The number of fused-ring (bicyclic) bond motifs is 6. The van der Waals surface area contributed by atoms with Crippen molar-refractivity contribution in [3.8, 4) is 0 Å². The van der Waals surface area contributed by atoms with E-state index in [4.69, 9.17) is 9.47 Å². The highest BCUT2D eigenvalue weighted by molar-refractivity contribution is 6.39. The van der Waals surface area contributed by atoms with E-state index in [1.165, 1.54) is 6.92 Å². The summed E-state index contributed by atoms with van der Waals surface area (Å²) in [4.78, 5) is 74.1. The monoisotopic (exact) mass is 614 g/mol. The standard InChI is InChI=1S/C40H22O7/c1-19-30-33(42)25-15-7-9-17-27(25)38(30)32-29(21-11-3-4-12-22(21)35(32)46-20(2)41)31-34(43)26-16-8-10-18-28(26)40(31,47-19)39(38)36(44)23-13-5-6-14-24(23)37(39)45/h3-18H,1-2H3. The molecule has 47 heavy (non-hydrogen) atoms. The van der Waals surface area contributed by atoms with Crippen molar-refractivity contribution < 1.29 is 33.4 Å². The molecule has 0 saturated carbocycles. The molecule has 1 heterocycles. The van der Waals surface area contributed by atoms with Gasteiger partial charge in [0.1, 0.15) is 11.5 Å². The quantitative estimate of drug-likeness (QED) is 0.182. The van der Waals surface area contributed by atoms with Gasteiger partial charge in [0, 0.05) is 51.5 Å². The number of rotatable bonds is 1. The lowest BCUT2D eigenvalue weighted by Gasteiger charge is -2.61. The number of allylic oxidation sites excluding steroid dienone is 4. The number of benzene rings is 4. The highest BCUT2D eigenvalue weighted by Gasteiger charge is 2.88. The number of hydrogen-bond donors (Lipinski definition) is 0. The molecule has 0 saturated heterocycles. The van der Waals surface area contributed by atoms with Crippen LogP contribution in [0.15, 0.2) is 120 Å². The van der Waals surface area contributed by atoms with E-state index in [1.807, 2.05) is 12.1 Å². The summed E-state index contributed by atoms with van der Waals surface area (Å²) in [5, 5.41) is 0. The first-order valence-electron chi connectivity index (χ1n) is 15.4. The molecule has 0 amide bonds. The summed E-state index contributed by atoms with van der Waals surface area (Å²) in [6.07, 6.45) is 0. The number of carbonyl (C=O) groups excluding carboxylic acids is 5. The lowest BCUT2D eigenvalue weighted by atomic mass is 9.40. The number of Topliss-reactive ketones (excluding diaryl/α,β-unsaturated/α-hetero) is 4. The van der Waals surface area contributed by atoms with Crippen LogP contribution in [-0.2, 0) is 25.3 Å². The van der Waals surface area contributed by atoms with Crippen LogP contribution in [0.3, 0.4) is 0 Å². The Morgan fingerprint density at radius 1 is 0.596 bits per heavy atom. The van der Waals surface area contributed by atoms with Crippen molar-refractivity contribution in [2.45, 2.75) is 24.9 Å². The Balaban J connectivity index is 1.56. The van der Waals surface area contributed by atoms with Crippen molar-refractivity contribution in [1.29, 1.82) is 0 Å². The Morgan fingerprint density at radius 2 is 1.09 bits per heavy atom. The summed E-state index contributed by atoms with van der Waals surface area (Å²) in [5.74, 6) is -2.23. The van der Waals surface area contributed by atoms with E-state index in [2.05, 4.69) is 0 Å². The van der Waals surface area contributed by atoms with Crippen molar-refractivity contribution in [3.05, 3.63) is 164 Å². The van der Waals surface area contributed by atoms with Gasteiger partial charge in [-0.3, -0.25) is 24.0 Å². The smallest absolute Gasteiger partial charge is 0.308 e. The van der Waals surface area contributed by atoms with E-state index in [-0.39, 0.29) is 39.4 Å². The molecule has 0 fully saturated rings. The highest BCUT2D eigenvalue weighted by Crippen LogP contribution is 2.80. The molecule has 5 aliphatic carbocycles. The molecule has 0 aromatic heterocycles. The van der Waals surface area contributed by atoms with Crippen LogP contribution in [0.4, 0.5) is 0 Å². The molecule has 4 aromatic carbocycles. The molecule has 4 aromatic rings. The molecule has 2 bridgehead atoms. The third-order valence-corrected chi connectivity index (χ3v) is 10.9. The summed E-state index contributed by atoms with van der Waals surface area (Å²) in [6, 6.07) is 27.7. The summed E-state index contributed by atoms with van der Waals surface area (Å²) in [6.45, 7) is 2.93. The van der Waals surface area contributed by atoms with E-state index in [9.17, 15) is 14.4 Å². The molecule has 2 atom stereocenters. The zero-order valence-electron chi connectivity index (χ0n) is 25.1. The zero-order chi connectivity index (χ0) is 32.2. The number of ketones is 4. The maximum atomic E-state index is 15.7. The van der Waals surface area contributed by atoms with Crippen LogP contribution in [0.2, 0.25) is 0 Å². The Kier molecular flexibility index (Phi) is 4.51. The first-order chi connectivity index (χ1) is 22.7. The van der Waals surface area contributed by atoms with E-state index >= 15 is 9.59 Å². The second kappa shape index (κ2) is 8.06. The van der Waals surface area contributed by atoms with Gasteiger partial charge in [-0.25, -0.2) is 0 Å². The van der Waals surface area contributed by atoms with Gasteiger partial charge in [-0.2, -0.15) is 0 Å². The Hall–Kier alpha value is -5.95. The van der Waals surface area contributed by atoms with Gasteiger partial charge in [0.2, 0.25) is 0 Å². The van der Waals surface area contributed by atoms with Crippen LogP contribution in [0.25, 0.3) is 11.3 Å². The minimum atomic E-state index is -2.23. The number of carbonyl (C=O) groups is 5. The molecule has 2 unspecified atom stereocenters. The van der Waals surface area contributed by atoms with Crippen LogP contribution < -0.4 is 0 Å². The van der Waals surface area contributed by atoms with Crippen molar-refractivity contribution >= 4 is 40.4 Å². The maximum Gasteiger partial charge on any atom is 0.308 e. The van der Waals surface area contributed by atoms with Gasteiger partial charge in [-0.05, 0) is 18.1 Å². The fourth-order valence-corrected chi connectivity index (χ4v) is 9.73. The lowest BCUT2D eigenvalue weighted by molar-refractivity contribution is -0.134. The normalized spacial score (nSPS) is 24.9. The molecular formula is C40H22O7. The lowest BCUT2D eigenvalue weighted by Crippen LogP contribution is -2.70. The molecule has 0 N–H and O–H groups in total. The number of ether oxygens (including phenoxy) is 2. The fourth-order valence-electron chi connectivity index (χ4n) is 9.73. The molecular weight excluding hydrogens is 592 g/mol. The van der Waals surface area contributed by atoms with Crippen LogP contribution in [0.1, 0.15) is 77.5 Å². The van der Waals surface area contributed by atoms with Crippen molar-refractivity contribution in [3.63, 3.8) is 0 Å². The van der Waals surface area contributed by atoms with Crippen molar-refractivity contribution in [2.75, 3.05) is 0 Å². The first kappa shape index (κ1) is 26.3. The second-order valence-electron chi connectivity index (χ2n) is 12.8. The molecule has 0 radical (unpaired) electrons. The van der Waals surface area contributed by atoms with E-state index < -0.39 is 45.5 Å². The second-order valence-corrected chi connectivity index (χ2v) is 12.8. The van der Waals surface area contributed by atoms with Crippen LogP contribution >= 0.6 is 0 Å². The van der Waals surface area contributed by atoms with Gasteiger partial charge in [0.05, 0.1) is 16.6 Å². The Morgan fingerprint density at radius 3 is 1.70 bits per heavy atom. The van der Waals surface area contributed by atoms with Gasteiger partial charge < -0.3 is 9.47 Å². The third-order valence-electron chi connectivity index (χ3n) is 10.9. The van der Waals surface area contributed by atoms with Gasteiger partial charge in [0.25, 0.3) is 0 Å². The summed E-state index contributed by atoms with van der Waals surface area (Å²) in [5.41, 5.74) is -2.20. The fraction of sp³-hybridized carbons (Fsp3) is 0.125. The summed E-state index contributed by atoms with van der Waals surface area (Å²) < 4.78 is 13.1. The topological polar surface area (TPSA) is 104 Å². The molecule has 10 rings (SSSR count). The number of hydrogen-bond acceptors (Lipinski definition) is 7. The molecule has 7 nitrogen and oxygen atoms in total. The highest BCUT2D eigenvalue weighted by atomic mass is 16.5. The third kappa shape index (κ3) is 2.41. The average Bonchev–Trinajstić information content (AvgIpc) is 3.69. The van der Waals surface area contributed by atoms with Crippen molar-refractivity contribution in [1.82, 2.24) is 0 Å². The zero-order valence-corrected chi connectivity index (χ0v) is 25.1. The van der Waals surface area contributed by atoms with E-state index in [0.717, 1.165) is 0 Å².